The van der Waals surface area contributed by atoms with Crippen LogP contribution in [-0.2, 0) is 11.3 Å². The lowest BCUT2D eigenvalue weighted by Crippen LogP contribution is -2.29. The third-order valence-corrected chi connectivity index (χ3v) is 4.02. The second kappa shape index (κ2) is 7.94. The van der Waals surface area contributed by atoms with Gasteiger partial charge >= 0.3 is 0 Å². The van der Waals surface area contributed by atoms with Gasteiger partial charge in [-0.2, -0.15) is 0 Å². The Labute approximate surface area is 119 Å². The molecule has 1 aromatic heterocycles. The van der Waals surface area contributed by atoms with Crippen molar-refractivity contribution < 1.29 is 4.74 Å². The van der Waals surface area contributed by atoms with Gasteiger partial charge in [0.1, 0.15) is 0 Å². The summed E-state index contributed by atoms with van der Waals surface area (Å²) in [7, 11) is 1.79. The molecule has 2 heterocycles. The van der Waals surface area contributed by atoms with E-state index < -0.39 is 0 Å². The van der Waals surface area contributed by atoms with Crippen LogP contribution in [0.4, 0.5) is 5.13 Å². The third-order valence-electron chi connectivity index (χ3n) is 3.21. The number of nitrogen functional groups attached to an aromatic ring is 1. The molecule has 0 aliphatic carbocycles. The van der Waals surface area contributed by atoms with Crippen LogP contribution >= 0.6 is 23.7 Å². The van der Waals surface area contributed by atoms with E-state index in [2.05, 4.69) is 9.88 Å². The lowest BCUT2D eigenvalue weighted by atomic mass is 10.0. The fraction of sp³-hybridized carbons (Fsp3) is 0.750. The number of methoxy groups -OCH3 is 1. The molecule has 1 unspecified atom stereocenters. The predicted octanol–water partition coefficient (Wildman–Crippen LogP) is 2.40. The number of hydrogen-bond donors (Lipinski definition) is 1. The SMILES string of the molecule is COCC1CCCCN(Cc2cnc(N)s2)C1.Cl. The van der Waals surface area contributed by atoms with Crippen LogP contribution in [0, 0.1) is 5.92 Å². The Bertz CT molecular complexity index is 348. The summed E-state index contributed by atoms with van der Waals surface area (Å²) in [6, 6.07) is 0. The summed E-state index contributed by atoms with van der Waals surface area (Å²) in [6.07, 6.45) is 5.79. The number of aromatic nitrogens is 1. The van der Waals surface area contributed by atoms with Crippen LogP contribution in [-0.4, -0.2) is 36.7 Å². The Morgan fingerprint density at radius 3 is 3.06 bits per heavy atom. The van der Waals surface area contributed by atoms with Gasteiger partial charge in [0.15, 0.2) is 5.13 Å². The lowest BCUT2D eigenvalue weighted by Gasteiger charge is -2.23. The van der Waals surface area contributed by atoms with E-state index in [0.717, 1.165) is 19.7 Å². The molecule has 104 valence electrons. The molecule has 2 N–H and O–H groups in total. The molecule has 0 radical (unpaired) electrons. The summed E-state index contributed by atoms with van der Waals surface area (Å²) in [6.45, 7) is 4.17. The van der Waals surface area contributed by atoms with Crippen LogP contribution in [0.25, 0.3) is 0 Å². The molecule has 1 saturated heterocycles. The highest BCUT2D eigenvalue weighted by Crippen LogP contribution is 2.21. The van der Waals surface area contributed by atoms with Crippen LogP contribution in [0.1, 0.15) is 24.1 Å². The molecule has 0 aromatic carbocycles. The number of nitrogens with zero attached hydrogens (tertiary/aromatic N) is 2. The van der Waals surface area contributed by atoms with Gasteiger partial charge < -0.3 is 10.5 Å². The Hall–Kier alpha value is -0.360. The Morgan fingerprint density at radius 1 is 1.56 bits per heavy atom. The minimum Gasteiger partial charge on any atom is -0.384 e. The fourth-order valence-electron chi connectivity index (χ4n) is 2.45. The van der Waals surface area contributed by atoms with E-state index in [-0.39, 0.29) is 12.4 Å². The lowest BCUT2D eigenvalue weighted by molar-refractivity contribution is 0.124. The Kier molecular flexibility index (Phi) is 6.92. The van der Waals surface area contributed by atoms with Gasteiger partial charge in [0.25, 0.3) is 0 Å². The average molecular weight is 292 g/mol. The Morgan fingerprint density at radius 2 is 2.39 bits per heavy atom. The topological polar surface area (TPSA) is 51.4 Å². The standard InChI is InChI=1S/C12H21N3OS.ClH/c1-16-9-10-4-2-3-5-15(7-10)8-11-6-14-12(13)17-11;/h6,10H,2-5,7-9H2,1H3,(H2,13,14);1H. The molecule has 0 amide bonds. The maximum Gasteiger partial charge on any atom is 0.180 e. The van der Waals surface area contributed by atoms with E-state index >= 15 is 0 Å². The summed E-state index contributed by atoms with van der Waals surface area (Å²) in [5.74, 6) is 0.674. The van der Waals surface area contributed by atoms with Crippen molar-refractivity contribution in [3.63, 3.8) is 0 Å². The highest BCUT2D eigenvalue weighted by molar-refractivity contribution is 7.15. The van der Waals surface area contributed by atoms with Crippen molar-refractivity contribution in [3.8, 4) is 0 Å². The molecule has 1 atom stereocenters. The fourth-order valence-corrected chi connectivity index (χ4v) is 3.17. The minimum atomic E-state index is 0. The van der Waals surface area contributed by atoms with Gasteiger partial charge in [-0.1, -0.05) is 6.42 Å². The average Bonchev–Trinajstić information content (AvgIpc) is 2.58. The zero-order valence-corrected chi connectivity index (χ0v) is 12.4. The molecule has 0 spiro atoms. The number of ether oxygens (including phenoxy) is 1. The molecule has 0 saturated carbocycles. The van der Waals surface area contributed by atoms with Gasteiger partial charge in [-0.15, -0.1) is 23.7 Å². The number of anilines is 1. The number of nitrogens with two attached hydrogens (primary N) is 1. The molecule has 1 aliphatic rings. The van der Waals surface area contributed by atoms with E-state index in [1.165, 1.54) is 30.7 Å². The minimum absolute atomic E-state index is 0. The van der Waals surface area contributed by atoms with Crippen molar-refractivity contribution in [3.05, 3.63) is 11.1 Å². The van der Waals surface area contributed by atoms with E-state index in [1.807, 2.05) is 6.20 Å². The molecule has 4 nitrogen and oxygen atoms in total. The van der Waals surface area contributed by atoms with Gasteiger partial charge in [-0.05, 0) is 25.3 Å². The summed E-state index contributed by atoms with van der Waals surface area (Å²) in [5, 5.41) is 0.670. The van der Waals surface area contributed by atoms with Gasteiger partial charge in [-0.3, -0.25) is 4.90 Å². The van der Waals surface area contributed by atoms with Crippen LogP contribution < -0.4 is 5.73 Å². The summed E-state index contributed by atoms with van der Waals surface area (Å²) in [5.41, 5.74) is 5.66. The number of halogens is 1. The van der Waals surface area contributed by atoms with Gasteiger partial charge in [0.2, 0.25) is 0 Å². The number of rotatable bonds is 4. The molecule has 1 fully saturated rings. The zero-order chi connectivity index (χ0) is 12.1. The van der Waals surface area contributed by atoms with E-state index in [9.17, 15) is 0 Å². The molecule has 0 bridgehead atoms. The summed E-state index contributed by atoms with van der Waals surface area (Å²) < 4.78 is 5.28. The third kappa shape index (κ3) is 4.72. The smallest absolute Gasteiger partial charge is 0.180 e. The van der Waals surface area contributed by atoms with E-state index in [0.29, 0.717) is 11.0 Å². The highest BCUT2D eigenvalue weighted by Gasteiger charge is 2.18. The van der Waals surface area contributed by atoms with Crippen LogP contribution in [0.2, 0.25) is 0 Å². The molecular formula is C12H22ClN3OS. The molecule has 6 heteroatoms. The monoisotopic (exact) mass is 291 g/mol. The first-order valence-corrected chi connectivity index (χ1v) is 7.01. The number of thiazole rings is 1. The van der Waals surface area contributed by atoms with E-state index in [1.54, 1.807) is 18.4 Å². The van der Waals surface area contributed by atoms with Gasteiger partial charge in [0, 0.05) is 31.3 Å². The van der Waals surface area contributed by atoms with Crippen molar-refractivity contribution in [2.24, 2.45) is 5.92 Å². The number of likely N-dealkylation sites (tertiary alicyclic amines) is 1. The van der Waals surface area contributed by atoms with Gasteiger partial charge in [0.05, 0.1) is 6.61 Å². The van der Waals surface area contributed by atoms with Gasteiger partial charge in [-0.25, -0.2) is 4.98 Å². The quantitative estimate of drug-likeness (QED) is 0.925. The van der Waals surface area contributed by atoms with Crippen LogP contribution in [0.15, 0.2) is 6.20 Å². The molecular weight excluding hydrogens is 270 g/mol. The van der Waals surface area contributed by atoms with Crippen LogP contribution in [0.5, 0.6) is 0 Å². The maximum atomic E-state index is 5.66. The predicted molar refractivity (Wildman–Crippen MR) is 78.3 cm³/mol. The second-order valence-electron chi connectivity index (χ2n) is 4.72. The molecule has 2 rings (SSSR count). The zero-order valence-electron chi connectivity index (χ0n) is 10.8. The van der Waals surface area contributed by atoms with Crippen molar-refractivity contribution in [2.75, 3.05) is 32.5 Å². The normalized spacial score (nSPS) is 21.3. The van der Waals surface area contributed by atoms with Crippen LogP contribution in [0.3, 0.4) is 0 Å². The van der Waals surface area contributed by atoms with E-state index in [4.69, 9.17) is 10.5 Å². The van der Waals surface area contributed by atoms with Crippen molar-refractivity contribution >= 4 is 28.9 Å². The second-order valence-corrected chi connectivity index (χ2v) is 5.86. The van der Waals surface area contributed by atoms with Crippen molar-refractivity contribution in [2.45, 2.75) is 25.8 Å². The maximum absolute atomic E-state index is 5.66. The number of hydrogen-bond acceptors (Lipinski definition) is 5. The summed E-state index contributed by atoms with van der Waals surface area (Å²) >= 11 is 1.60. The first kappa shape index (κ1) is 15.7. The first-order chi connectivity index (χ1) is 8.28. The molecule has 1 aliphatic heterocycles. The molecule has 18 heavy (non-hydrogen) atoms. The highest BCUT2D eigenvalue weighted by atomic mass is 35.5. The first-order valence-electron chi connectivity index (χ1n) is 6.19. The summed E-state index contributed by atoms with van der Waals surface area (Å²) in [4.78, 5) is 7.87. The van der Waals surface area contributed by atoms with Crippen molar-refractivity contribution in [1.29, 1.82) is 0 Å². The Balaban J connectivity index is 0.00000162. The van der Waals surface area contributed by atoms with Crippen molar-refractivity contribution in [1.82, 2.24) is 9.88 Å². The largest absolute Gasteiger partial charge is 0.384 e. The molecule has 1 aromatic rings.